The summed E-state index contributed by atoms with van der Waals surface area (Å²) in [7, 11) is 1.89. The highest BCUT2D eigenvalue weighted by molar-refractivity contribution is 5.91. The van der Waals surface area contributed by atoms with Crippen LogP contribution in [0.4, 0.5) is 5.82 Å². The molecule has 0 aliphatic carbocycles. The van der Waals surface area contributed by atoms with Crippen LogP contribution in [0.2, 0.25) is 0 Å². The fourth-order valence-corrected chi connectivity index (χ4v) is 1.57. The Morgan fingerprint density at radius 2 is 2.28 bits per heavy atom. The summed E-state index contributed by atoms with van der Waals surface area (Å²) in [6.07, 6.45) is 1.81. The van der Waals surface area contributed by atoms with Gasteiger partial charge in [-0.2, -0.15) is 5.10 Å². The van der Waals surface area contributed by atoms with Gasteiger partial charge in [0, 0.05) is 24.8 Å². The largest absolute Gasteiger partial charge is 0.366 e. The van der Waals surface area contributed by atoms with Crippen molar-refractivity contribution in [1.29, 1.82) is 0 Å². The average Bonchev–Trinajstić information content (AvgIpc) is 2.68. The lowest BCUT2D eigenvalue weighted by Gasteiger charge is -2.06. The number of carbonyl (C=O) groups is 1. The summed E-state index contributed by atoms with van der Waals surface area (Å²) in [6.45, 7) is 2.60. The maximum atomic E-state index is 11.0. The molecule has 3 N–H and O–H groups in total. The molecule has 0 aliphatic rings. The summed E-state index contributed by atoms with van der Waals surface area (Å²) < 4.78 is 1.81. The minimum absolute atomic E-state index is 0.253. The monoisotopic (exact) mass is 245 g/mol. The lowest BCUT2D eigenvalue weighted by atomic mass is 10.2. The predicted molar refractivity (Wildman–Crippen MR) is 68.0 cm³/mol. The molecule has 0 bridgehead atoms. The topological polar surface area (TPSA) is 85.8 Å². The Hall–Kier alpha value is -2.37. The van der Waals surface area contributed by atoms with Crippen LogP contribution < -0.4 is 11.1 Å². The van der Waals surface area contributed by atoms with Crippen LogP contribution in [0.3, 0.4) is 0 Å². The van der Waals surface area contributed by atoms with Crippen LogP contribution in [-0.4, -0.2) is 20.7 Å². The number of nitrogens with two attached hydrogens (primary N) is 1. The van der Waals surface area contributed by atoms with E-state index >= 15 is 0 Å². The van der Waals surface area contributed by atoms with E-state index in [2.05, 4.69) is 15.4 Å². The van der Waals surface area contributed by atoms with E-state index in [1.807, 2.05) is 18.7 Å². The van der Waals surface area contributed by atoms with Gasteiger partial charge < -0.3 is 11.1 Å². The van der Waals surface area contributed by atoms with Crippen LogP contribution in [0.15, 0.2) is 24.4 Å². The summed E-state index contributed by atoms with van der Waals surface area (Å²) in [5.74, 6) is 0.0887. The zero-order valence-corrected chi connectivity index (χ0v) is 10.3. The van der Waals surface area contributed by atoms with Crippen molar-refractivity contribution in [3.05, 3.63) is 41.3 Å². The van der Waals surface area contributed by atoms with Crippen molar-refractivity contribution in [1.82, 2.24) is 14.8 Å². The Balaban J connectivity index is 2.08. The first-order valence-electron chi connectivity index (χ1n) is 5.56. The highest BCUT2D eigenvalue weighted by atomic mass is 16.1. The van der Waals surface area contributed by atoms with Crippen LogP contribution in [-0.2, 0) is 13.6 Å². The molecule has 0 saturated carbocycles. The number of primary amides is 1. The van der Waals surface area contributed by atoms with Crippen molar-refractivity contribution in [2.75, 3.05) is 5.32 Å². The van der Waals surface area contributed by atoms with E-state index in [4.69, 9.17) is 5.73 Å². The quantitative estimate of drug-likeness (QED) is 0.835. The van der Waals surface area contributed by atoms with Gasteiger partial charge in [-0.25, -0.2) is 4.98 Å². The summed E-state index contributed by atoms with van der Waals surface area (Å²) in [6, 6.07) is 5.12. The Labute approximate surface area is 105 Å². The third-order valence-corrected chi connectivity index (χ3v) is 2.80. The zero-order valence-electron chi connectivity index (χ0n) is 10.3. The number of aromatic nitrogens is 3. The van der Waals surface area contributed by atoms with Crippen LogP contribution in [0.25, 0.3) is 0 Å². The Morgan fingerprint density at radius 3 is 2.89 bits per heavy atom. The first-order valence-corrected chi connectivity index (χ1v) is 5.56. The minimum Gasteiger partial charge on any atom is -0.366 e. The van der Waals surface area contributed by atoms with Gasteiger partial charge in [0.1, 0.15) is 11.5 Å². The van der Waals surface area contributed by atoms with Crippen molar-refractivity contribution in [3.8, 4) is 0 Å². The van der Waals surface area contributed by atoms with Gasteiger partial charge in [-0.15, -0.1) is 0 Å². The number of aryl methyl sites for hydroxylation is 1. The number of rotatable bonds is 4. The molecular weight excluding hydrogens is 230 g/mol. The number of nitrogens with one attached hydrogen (secondary N) is 1. The van der Waals surface area contributed by atoms with Crippen molar-refractivity contribution in [2.45, 2.75) is 13.5 Å². The molecule has 0 fully saturated rings. The Kier molecular flexibility index (Phi) is 3.27. The molecule has 0 aliphatic heterocycles. The smallest absolute Gasteiger partial charge is 0.267 e. The fraction of sp³-hybridized carbons (Fsp3) is 0.250. The second kappa shape index (κ2) is 4.87. The molecule has 6 nitrogen and oxygen atoms in total. The van der Waals surface area contributed by atoms with Crippen molar-refractivity contribution < 1.29 is 4.79 Å². The lowest BCUT2D eigenvalue weighted by Crippen LogP contribution is -2.14. The third-order valence-electron chi connectivity index (χ3n) is 2.80. The fourth-order valence-electron chi connectivity index (χ4n) is 1.57. The number of amides is 1. The summed E-state index contributed by atoms with van der Waals surface area (Å²) >= 11 is 0. The lowest BCUT2D eigenvalue weighted by molar-refractivity contribution is 0.0995. The Morgan fingerprint density at radius 1 is 1.50 bits per heavy atom. The molecule has 0 atom stereocenters. The molecule has 94 valence electrons. The maximum absolute atomic E-state index is 11.0. The molecule has 0 unspecified atom stereocenters. The number of hydrogen-bond donors (Lipinski definition) is 2. The van der Waals surface area contributed by atoms with Crippen LogP contribution in [0.5, 0.6) is 0 Å². The first kappa shape index (κ1) is 12.1. The number of carbonyl (C=O) groups excluding carboxylic acids is 1. The van der Waals surface area contributed by atoms with E-state index in [9.17, 15) is 4.79 Å². The number of anilines is 1. The normalized spacial score (nSPS) is 10.3. The van der Waals surface area contributed by atoms with Gasteiger partial charge in [0.05, 0.1) is 6.20 Å². The first-order chi connectivity index (χ1) is 8.58. The molecule has 18 heavy (non-hydrogen) atoms. The molecule has 0 saturated heterocycles. The molecule has 0 aromatic carbocycles. The van der Waals surface area contributed by atoms with Gasteiger partial charge >= 0.3 is 0 Å². The summed E-state index contributed by atoms with van der Waals surface area (Å²) in [5.41, 5.74) is 7.61. The number of pyridine rings is 1. The van der Waals surface area contributed by atoms with Crippen LogP contribution >= 0.6 is 0 Å². The van der Waals surface area contributed by atoms with E-state index in [1.165, 1.54) is 0 Å². The number of hydrogen-bond acceptors (Lipinski definition) is 4. The van der Waals surface area contributed by atoms with E-state index in [-0.39, 0.29) is 5.69 Å². The summed E-state index contributed by atoms with van der Waals surface area (Å²) in [5, 5.41) is 7.29. The molecular formula is C12H15N5O. The van der Waals surface area contributed by atoms with Crippen molar-refractivity contribution >= 4 is 11.7 Å². The van der Waals surface area contributed by atoms with Gasteiger partial charge in [-0.1, -0.05) is 6.07 Å². The van der Waals surface area contributed by atoms with E-state index in [0.29, 0.717) is 12.4 Å². The predicted octanol–water partition coefficient (Wildman–Crippen LogP) is 0.835. The molecule has 1 amide bonds. The molecule has 2 aromatic heterocycles. The molecule has 2 heterocycles. The minimum atomic E-state index is -0.531. The highest BCUT2D eigenvalue weighted by Crippen LogP contribution is 2.10. The molecule has 6 heteroatoms. The van der Waals surface area contributed by atoms with Gasteiger partial charge in [0.15, 0.2) is 0 Å². The van der Waals surface area contributed by atoms with Crippen LogP contribution in [0, 0.1) is 6.92 Å². The standard InChI is InChI=1S/C12H15N5O/c1-8-9(7-15-17(8)2)6-14-11-5-3-4-10(16-11)12(13)18/h3-5,7H,6H2,1-2H3,(H2,13,18)(H,14,16). The zero-order chi connectivity index (χ0) is 13.1. The second-order valence-electron chi connectivity index (χ2n) is 4.00. The van der Waals surface area contributed by atoms with E-state index in [1.54, 1.807) is 24.4 Å². The highest BCUT2D eigenvalue weighted by Gasteiger charge is 2.05. The third kappa shape index (κ3) is 2.48. The van der Waals surface area contributed by atoms with Crippen molar-refractivity contribution in [2.24, 2.45) is 12.8 Å². The van der Waals surface area contributed by atoms with Gasteiger partial charge in [-0.05, 0) is 19.1 Å². The molecule has 2 rings (SSSR count). The SMILES string of the molecule is Cc1c(CNc2cccc(C(N)=O)n2)cnn1C. The molecule has 0 spiro atoms. The van der Waals surface area contributed by atoms with E-state index < -0.39 is 5.91 Å². The van der Waals surface area contributed by atoms with Crippen molar-refractivity contribution in [3.63, 3.8) is 0 Å². The Bertz CT molecular complexity index is 576. The molecule has 2 aromatic rings. The van der Waals surface area contributed by atoms with E-state index in [0.717, 1.165) is 11.3 Å². The van der Waals surface area contributed by atoms with Gasteiger partial charge in [-0.3, -0.25) is 9.48 Å². The van der Waals surface area contributed by atoms with Gasteiger partial charge in [0.25, 0.3) is 5.91 Å². The second-order valence-corrected chi connectivity index (χ2v) is 4.00. The summed E-state index contributed by atoms with van der Waals surface area (Å²) in [4.78, 5) is 15.1. The maximum Gasteiger partial charge on any atom is 0.267 e. The molecule has 0 radical (unpaired) electrons. The number of nitrogens with zero attached hydrogens (tertiary/aromatic N) is 3. The van der Waals surface area contributed by atoms with Gasteiger partial charge in [0.2, 0.25) is 0 Å². The average molecular weight is 245 g/mol. The van der Waals surface area contributed by atoms with Crippen LogP contribution in [0.1, 0.15) is 21.7 Å².